The number of rotatable bonds is 5. The molecule has 0 amide bonds. The fraction of sp³-hybridized carbons (Fsp3) is 0.800. The molecule has 0 aromatic carbocycles. The van der Waals surface area contributed by atoms with E-state index in [9.17, 15) is 17.4 Å². The van der Waals surface area contributed by atoms with Gasteiger partial charge in [0.1, 0.15) is 5.75 Å². The third-order valence-corrected chi connectivity index (χ3v) is 3.04. The lowest BCUT2D eigenvalue weighted by Crippen LogP contribution is -2.22. The van der Waals surface area contributed by atoms with Gasteiger partial charge in [0.2, 0.25) is 5.89 Å². The van der Waals surface area contributed by atoms with Crippen LogP contribution < -0.4 is 0 Å². The minimum atomic E-state index is -4.65. The summed E-state index contributed by atoms with van der Waals surface area (Å²) >= 11 is 0. The number of ether oxygens (including phenoxy) is 1. The van der Waals surface area contributed by atoms with Gasteiger partial charge in [-0.2, -0.15) is 18.2 Å². The number of hydrogen-bond donors (Lipinski definition) is 0. The fourth-order valence-electron chi connectivity index (χ4n) is 1.08. The topological polar surface area (TPSA) is 65.2 Å². The van der Waals surface area contributed by atoms with Crippen molar-refractivity contribution in [2.75, 3.05) is 12.4 Å². The van der Waals surface area contributed by atoms with Crippen LogP contribution in [-0.4, -0.2) is 32.3 Å². The van der Waals surface area contributed by atoms with Gasteiger partial charge in [-0.15, -0.1) is 0 Å². The van der Waals surface area contributed by atoms with E-state index in [1.807, 2.05) is 20.8 Å². The first kappa shape index (κ1) is 16.1. The quantitative estimate of drug-likeness (QED) is 0.833. The van der Waals surface area contributed by atoms with E-state index in [0.717, 1.165) is 0 Å². The number of hydrogen-bond acceptors (Lipinski definition) is 5. The number of halogens is 3. The van der Waals surface area contributed by atoms with Crippen molar-refractivity contribution >= 4 is 10.8 Å². The Kier molecular flexibility index (Phi) is 5.08. The molecule has 0 aliphatic carbocycles. The average Bonchev–Trinajstić information content (AvgIpc) is 2.63. The zero-order chi connectivity index (χ0) is 14.7. The van der Waals surface area contributed by atoms with Crippen LogP contribution in [0.1, 0.15) is 32.5 Å². The monoisotopic (exact) mass is 300 g/mol. The van der Waals surface area contributed by atoms with E-state index < -0.39 is 22.8 Å². The number of alkyl halides is 3. The first-order valence-corrected chi connectivity index (χ1v) is 6.95. The fourth-order valence-corrected chi connectivity index (χ4v) is 1.89. The lowest BCUT2D eigenvalue weighted by Gasteiger charge is -2.18. The summed E-state index contributed by atoms with van der Waals surface area (Å²) in [6.07, 6.45) is -4.65. The Morgan fingerprint density at radius 3 is 2.42 bits per heavy atom. The van der Waals surface area contributed by atoms with E-state index in [0.29, 0.717) is 0 Å². The Bertz CT molecular complexity index is 440. The van der Waals surface area contributed by atoms with Gasteiger partial charge in [0.05, 0.1) is 12.2 Å². The molecule has 0 saturated carbocycles. The predicted octanol–water partition coefficient (Wildman–Crippen LogP) is 2.15. The van der Waals surface area contributed by atoms with Crippen LogP contribution >= 0.6 is 0 Å². The van der Waals surface area contributed by atoms with Crippen molar-refractivity contribution in [1.29, 1.82) is 0 Å². The number of aromatic nitrogens is 2. The smallest absolute Gasteiger partial charge is 0.375 e. The van der Waals surface area contributed by atoms with E-state index in [1.165, 1.54) is 0 Å². The predicted molar refractivity (Wildman–Crippen MR) is 61.7 cm³/mol. The lowest BCUT2D eigenvalue weighted by atomic mass is 10.2. The Labute approximate surface area is 111 Å². The summed E-state index contributed by atoms with van der Waals surface area (Å²) in [6, 6.07) is 0. The van der Waals surface area contributed by atoms with E-state index in [-0.39, 0.29) is 29.6 Å². The first-order valence-electron chi connectivity index (χ1n) is 5.46. The third-order valence-electron chi connectivity index (χ3n) is 1.85. The van der Waals surface area contributed by atoms with Crippen LogP contribution in [0.2, 0.25) is 0 Å². The molecule has 0 N–H and O–H groups in total. The summed E-state index contributed by atoms with van der Waals surface area (Å²) in [4.78, 5) is 3.14. The highest BCUT2D eigenvalue weighted by molar-refractivity contribution is 7.84. The SMILES string of the molecule is CC(C)(C)OCCS(=O)Cc1nc(C(F)(F)F)no1. The molecule has 19 heavy (non-hydrogen) atoms. The molecule has 1 aromatic heterocycles. The van der Waals surface area contributed by atoms with E-state index >= 15 is 0 Å². The molecule has 1 heterocycles. The minimum Gasteiger partial charge on any atom is -0.375 e. The molecule has 1 aromatic rings. The van der Waals surface area contributed by atoms with Crippen molar-refractivity contribution in [1.82, 2.24) is 10.1 Å². The van der Waals surface area contributed by atoms with Gasteiger partial charge in [0.15, 0.2) is 0 Å². The summed E-state index contributed by atoms with van der Waals surface area (Å²) in [7, 11) is -1.41. The van der Waals surface area contributed by atoms with Crippen molar-refractivity contribution in [3.63, 3.8) is 0 Å². The van der Waals surface area contributed by atoms with Gasteiger partial charge >= 0.3 is 6.18 Å². The highest BCUT2D eigenvalue weighted by Crippen LogP contribution is 2.26. The molecule has 0 saturated heterocycles. The van der Waals surface area contributed by atoms with Crippen LogP contribution in [-0.2, 0) is 27.5 Å². The second-order valence-electron chi connectivity index (χ2n) is 4.76. The van der Waals surface area contributed by atoms with Gasteiger partial charge in [-0.25, -0.2) is 0 Å². The van der Waals surface area contributed by atoms with E-state index in [2.05, 4.69) is 14.7 Å². The maximum Gasteiger partial charge on any atom is 0.455 e. The van der Waals surface area contributed by atoms with Gasteiger partial charge < -0.3 is 9.26 Å². The van der Waals surface area contributed by atoms with Crippen LogP contribution in [0.4, 0.5) is 13.2 Å². The van der Waals surface area contributed by atoms with Gasteiger partial charge in [0.25, 0.3) is 5.82 Å². The number of nitrogens with zero attached hydrogens (tertiary/aromatic N) is 2. The molecule has 0 radical (unpaired) electrons. The molecule has 5 nitrogen and oxygen atoms in total. The van der Waals surface area contributed by atoms with Crippen molar-refractivity contribution in [3.8, 4) is 0 Å². The summed E-state index contributed by atoms with van der Waals surface area (Å²) in [6.45, 7) is 5.80. The average molecular weight is 300 g/mol. The van der Waals surface area contributed by atoms with Crippen LogP contribution in [0.25, 0.3) is 0 Å². The molecule has 9 heteroatoms. The highest BCUT2D eigenvalue weighted by atomic mass is 32.2. The molecule has 1 unspecified atom stereocenters. The van der Waals surface area contributed by atoms with Crippen molar-refractivity contribution in [3.05, 3.63) is 11.7 Å². The molecule has 0 aliphatic rings. The normalized spacial score (nSPS) is 14.6. The Morgan fingerprint density at radius 1 is 1.32 bits per heavy atom. The Morgan fingerprint density at radius 2 is 1.95 bits per heavy atom. The zero-order valence-electron chi connectivity index (χ0n) is 10.8. The summed E-state index contributed by atoms with van der Waals surface area (Å²) in [5.41, 5.74) is -0.349. The molecule has 0 spiro atoms. The standard InChI is InChI=1S/C10H15F3N2O3S/c1-9(2,3)17-4-5-19(16)6-7-14-8(15-18-7)10(11,12)13/h4-6H2,1-3H3. The maximum absolute atomic E-state index is 12.2. The van der Waals surface area contributed by atoms with Crippen LogP contribution in [0, 0.1) is 0 Å². The van der Waals surface area contributed by atoms with Crippen molar-refractivity contribution in [2.24, 2.45) is 0 Å². The van der Waals surface area contributed by atoms with Crippen molar-refractivity contribution < 1.29 is 26.6 Å². The second-order valence-corrected chi connectivity index (χ2v) is 6.34. The van der Waals surface area contributed by atoms with E-state index in [1.54, 1.807) is 0 Å². The highest BCUT2D eigenvalue weighted by Gasteiger charge is 2.37. The maximum atomic E-state index is 12.2. The molecule has 0 fully saturated rings. The Balaban J connectivity index is 2.43. The summed E-state index contributed by atoms with van der Waals surface area (Å²) in [5, 5.41) is 2.78. The summed E-state index contributed by atoms with van der Waals surface area (Å²) < 4.78 is 57.9. The summed E-state index contributed by atoms with van der Waals surface area (Å²) in [5.74, 6) is -1.66. The van der Waals surface area contributed by atoms with Crippen LogP contribution in [0.15, 0.2) is 4.52 Å². The van der Waals surface area contributed by atoms with Crippen LogP contribution in [0.3, 0.4) is 0 Å². The largest absolute Gasteiger partial charge is 0.455 e. The molecule has 0 aliphatic heterocycles. The van der Waals surface area contributed by atoms with Gasteiger partial charge in [-0.3, -0.25) is 4.21 Å². The van der Waals surface area contributed by atoms with Gasteiger partial charge in [0, 0.05) is 16.6 Å². The third kappa shape index (κ3) is 6.15. The lowest BCUT2D eigenvalue weighted by molar-refractivity contribution is -0.146. The minimum absolute atomic E-state index is 0.195. The second kappa shape index (κ2) is 6.00. The van der Waals surface area contributed by atoms with Gasteiger partial charge in [-0.05, 0) is 20.8 Å². The zero-order valence-corrected chi connectivity index (χ0v) is 11.6. The molecule has 1 rings (SSSR count). The molecular formula is C10H15F3N2O3S. The van der Waals surface area contributed by atoms with Gasteiger partial charge in [-0.1, -0.05) is 5.16 Å². The molecule has 1 atom stereocenters. The van der Waals surface area contributed by atoms with E-state index in [4.69, 9.17) is 4.74 Å². The molecule has 0 bridgehead atoms. The molecular weight excluding hydrogens is 285 g/mol. The van der Waals surface area contributed by atoms with Crippen molar-refractivity contribution in [2.45, 2.75) is 38.3 Å². The first-order chi connectivity index (χ1) is 8.58. The molecule has 110 valence electrons. The van der Waals surface area contributed by atoms with Crippen LogP contribution in [0.5, 0.6) is 0 Å². The Hall–Kier alpha value is -0.960.